The van der Waals surface area contributed by atoms with Gasteiger partial charge < -0.3 is 14.6 Å². The van der Waals surface area contributed by atoms with Crippen LogP contribution < -0.4 is 5.32 Å². The van der Waals surface area contributed by atoms with Crippen molar-refractivity contribution in [1.82, 2.24) is 19.7 Å². The van der Waals surface area contributed by atoms with E-state index >= 15 is 0 Å². The molecule has 0 unspecified atom stereocenters. The zero-order chi connectivity index (χ0) is 20.8. The van der Waals surface area contributed by atoms with Gasteiger partial charge in [-0.2, -0.15) is 0 Å². The number of hydrogen-bond donors (Lipinski definition) is 1. The molecule has 2 heterocycles. The van der Waals surface area contributed by atoms with Crippen molar-refractivity contribution in [3.8, 4) is 11.4 Å². The van der Waals surface area contributed by atoms with Gasteiger partial charge in [0.1, 0.15) is 0 Å². The number of nitrogens with one attached hydrogen (secondary N) is 1. The molecule has 1 aromatic carbocycles. The second-order valence-corrected chi connectivity index (χ2v) is 7.09. The first-order valence-electron chi connectivity index (χ1n) is 8.98. The van der Waals surface area contributed by atoms with E-state index in [1.54, 1.807) is 30.6 Å². The van der Waals surface area contributed by atoms with E-state index in [0.717, 1.165) is 17.0 Å². The van der Waals surface area contributed by atoms with Gasteiger partial charge in [0.2, 0.25) is 5.91 Å². The molecular formula is C20H21N5O3S. The van der Waals surface area contributed by atoms with Crippen LogP contribution in [0.3, 0.4) is 0 Å². The van der Waals surface area contributed by atoms with E-state index in [9.17, 15) is 9.59 Å². The van der Waals surface area contributed by atoms with E-state index in [4.69, 9.17) is 4.74 Å². The van der Waals surface area contributed by atoms with Crippen LogP contribution in [0, 0.1) is 6.92 Å². The van der Waals surface area contributed by atoms with E-state index in [1.807, 2.05) is 30.5 Å². The summed E-state index contributed by atoms with van der Waals surface area (Å²) in [7, 11) is 1.32. The third-order valence-corrected chi connectivity index (χ3v) is 5.20. The van der Waals surface area contributed by atoms with E-state index < -0.39 is 5.97 Å². The Kier molecular flexibility index (Phi) is 6.61. The Morgan fingerprint density at radius 1 is 1.17 bits per heavy atom. The number of anilines is 1. The van der Waals surface area contributed by atoms with E-state index in [2.05, 4.69) is 20.5 Å². The lowest BCUT2D eigenvalue weighted by atomic mass is 10.1. The fraction of sp³-hybridized carbons (Fsp3) is 0.250. The predicted octanol–water partition coefficient (Wildman–Crippen LogP) is 3.19. The SMILES string of the molecule is CCn1c(SCC(=O)Nc2cc(C(=O)OC)ccc2C)nnc1-c1ccncc1. The summed E-state index contributed by atoms with van der Waals surface area (Å²) in [5.41, 5.74) is 2.73. The van der Waals surface area contributed by atoms with Crippen LogP contribution in [0.1, 0.15) is 22.8 Å². The number of hydrogen-bond acceptors (Lipinski definition) is 7. The van der Waals surface area contributed by atoms with Gasteiger partial charge in [-0.15, -0.1) is 10.2 Å². The molecule has 0 aliphatic carbocycles. The molecule has 0 bridgehead atoms. The van der Waals surface area contributed by atoms with Crippen LogP contribution in [0.5, 0.6) is 0 Å². The molecule has 8 nitrogen and oxygen atoms in total. The Hall–Kier alpha value is -3.20. The van der Waals surface area contributed by atoms with Crippen molar-refractivity contribution in [3.63, 3.8) is 0 Å². The molecule has 1 amide bonds. The first-order chi connectivity index (χ1) is 14.0. The van der Waals surface area contributed by atoms with Gasteiger partial charge in [0.05, 0.1) is 18.4 Å². The first-order valence-corrected chi connectivity index (χ1v) is 9.97. The van der Waals surface area contributed by atoms with Gasteiger partial charge in [-0.05, 0) is 43.7 Å². The average molecular weight is 411 g/mol. The van der Waals surface area contributed by atoms with Gasteiger partial charge in [-0.3, -0.25) is 9.78 Å². The van der Waals surface area contributed by atoms with Crippen LogP contribution in [-0.4, -0.2) is 44.5 Å². The third-order valence-electron chi connectivity index (χ3n) is 4.24. The molecule has 0 saturated carbocycles. The van der Waals surface area contributed by atoms with Crippen molar-refractivity contribution in [2.45, 2.75) is 25.5 Å². The number of rotatable bonds is 7. The predicted molar refractivity (Wildman–Crippen MR) is 111 cm³/mol. The van der Waals surface area contributed by atoms with Gasteiger partial charge >= 0.3 is 5.97 Å². The fourth-order valence-corrected chi connectivity index (χ4v) is 3.52. The van der Waals surface area contributed by atoms with Crippen molar-refractivity contribution in [1.29, 1.82) is 0 Å². The van der Waals surface area contributed by atoms with Crippen LogP contribution in [-0.2, 0) is 16.1 Å². The third kappa shape index (κ3) is 4.80. The number of amides is 1. The largest absolute Gasteiger partial charge is 0.465 e. The minimum absolute atomic E-state index is 0.163. The highest BCUT2D eigenvalue weighted by atomic mass is 32.2. The molecule has 0 fully saturated rings. The molecular weight excluding hydrogens is 390 g/mol. The number of pyridine rings is 1. The normalized spacial score (nSPS) is 10.6. The van der Waals surface area contributed by atoms with Gasteiger partial charge in [0, 0.05) is 30.2 Å². The molecule has 0 saturated heterocycles. The quantitative estimate of drug-likeness (QED) is 0.471. The number of aromatic nitrogens is 4. The molecule has 0 atom stereocenters. The van der Waals surface area contributed by atoms with E-state index in [0.29, 0.717) is 23.0 Å². The second-order valence-electron chi connectivity index (χ2n) is 6.14. The summed E-state index contributed by atoms with van der Waals surface area (Å²) >= 11 is 1.31. The molecule has 0 radical (unpaired) electrons. The summed E-state index contributed by atoms with van der Waals surface area (Å²) in [4.78, 5) is 28.2. The standard InChI is InChI=1S/C20H21N5O3S/c1-4-25-18(14-7-9-21-10-8-14)23-24-20(25)29-12-17(26)22-16-11-15(19(27)28-3)6-5-13(16)2/h5-11H,4,12H2,1-3H3,(H,22,26). The van der Waals surface area contributed by atoms with E-state index in [-0.39, 0.29) is 11.7 Å². The maximum atomic E-state index is 12.5. The average Bonchev–Trinajstić information content (AvgIpc) is 3.16. The van der Waals surface area contributed by atoms with Crippen molar-refractivity contribution in [3.05, 3.63) is 53.9 Å². The maximum absolute atomic E-state index is 12.5. The highest BCUT2D eigenvalue weighted by Crippen LogP contribution is 2.24. The smallest absolute Gasteiger partial charge is 0.337 e. The molecule has 9 heteroatoms. The lowest BCUT2D eigenvalue weighted by Crippen LogP contribution is -2.16. The number of aryl methyl sites for hydroxylation is 1. The number of esters is 1. The van der Waals surface area contributed by atoms with E-state index in [1.165, 1.54) is 18.9 Å². The summed E-state index contributed by atoms with van der Waals surface area (Å²) in [5.74, 6) is 0.251. The number of ether oxygens (including phenoxy) is 1. The number of methoxy groups -OCH3 is 1. The number of carbonyl (C=O) groups excluding carboxylic acids is 2. The van der Waals surface area contributed by atoms with Crippen LogP contribution in [0.2, 0.25) is 0 Å². The lowest BCUT2D eigenvalue weighted by molar-refractivity contribution is -0.113. The van der Waals surface area contributed by atoms with Crippen molar-refractivity contribution in [2.75, 3.05) is 18.2 Å². The molecule has 150 valence electrons. The van der Waals surface area contributed by atoms with Crippen molar-refractivity contribution < 1.29 is 14.3 Å². The Morgan fingerprint density at radius 2 is 1.93 bits per heavy atom. The first kappa shape index (κ1) is 20.5. The molecule has 29 heavy (non-hydrogen) atoms. The van der Waals surface area contributed by atoms with Crippen molar-refractivity contribution in [2.24, 2.45) is 0 Å². The second kappa shape index (κ2) is 9.33. The Labute approximate surface area is 172 Å². The Morgan fingerprint density at radius 3 is 2.62 bits per heavy atom. The molecule has 1 N–H and O–H groups in total. The summed E-state index contributed by atoms with van der Waals surface area (Å²) in [6.07, 6.45) is 3.41. The lowest BCUT2D eigenvalue weighted by Gasteiger charge is -2.10. The number of nitrogens with zero attached hydrogens (tertiary/aromatic N) is 4. The van der Waals surface area contributed by atoms with Gasteiger partial charge in [-0.25, -0.2) is 4.79 Å². The highest BCUT2D eigenvalue weighted by molar-refractivity contribution is 7.99. The zero-order valence-corrected chi connectivity index (χ0v) is 17.2. The highest BCUT2D eigenvalue weighted by Gasteiger charge is 2.15. The van der Waals surface area contributed by atoms with Gasteiger partial charge in [0.15, 0.2) is 11.0 Å². The fourth-order valence-electron chi connectivity index (χ4n) is 2.71. The summed E-state index contributed by atoms with van der Waals surface area (Å²) in [5, 5.41) is 12.0. The maximum Gasteiger partial charge on any atom is 0.337 e. The number of benzene rings is 1. The molecule has 0 aliphatic rings. The van der Waals surface area contributed by atoms with Gasteiger partial charge in [-0.1, -0.05) is 17.8 Å². The monoisotopic (exact) mass is 411 g/mol. The van der Waals surface area contributed by atoms with Crippen LogP contribution in [0.15, 0.2) is 47.9 Å². The molecule has 2 aromatic heterocycles. The van der Waals surface area contributed by atoms with Crippen LogP contribution in [0.25, 0.3) is 11.4 Å². The number of thioether (sulfide) groups is 1. The topological polar surface area (TPSA) is 99.0 Å². The zero-order valence-electron chi connectivity index (χ0n) is 16.4. The minimum Gasteiger partial charge on any atom is -0.465 e. The molecule has 0 spiro atoms. The Bertz CT molecular complexity index is 1020. The summed E-state index contributed by atoms with van der Waals surface area (Å²) < 4.78 is 6.68. The molecule has 3 rings (SSSR count). The molecule has 0 aliphatic heterocycles. The van der Waals surface area contributed by atoms with Crippen LogP contribution >= 0.6 is 11.8 Å². The van der Waals surface area contributed by atoms with Gasteiger partial charge in [0.25, 0.3) is 0 Å². The molecule has 3 aromatic rings. The minimum atomic E-state index is -0.449. The summed E-state index contributed by atoms with van der Waals surface area (Å²) in [6, 6.07) is 8.78. The Balaban J connectivity index is 1.69. The van der Waals surface area contributed by atoms with Crippen molar-refractivity contribution >= 4 is 29.3 Å². The summed E-state index contributed by atoms with van der Waals surface area (Å²) in [6.45, 7) is 4.53. The van der Waals surface area contributed by atoms with Crippen LogP contribution in [0.4, 0.5) is 5.69 Å². The number of carbonyl (C=O) groups is 2.